The van der Waals surface area contributed by atoms with E-state index in [-0.39, 0.29) is 18.1 Å². The fourth-order valence-corrected chi connectivity index (χ4v) is 1.44. The van der Waals surface area contributed by atoms with Crippen LogP contribution < -0.4 is 4.74 Å². The predicted octanol–water partition coefficient (Wildman–Crippen LogP) is 3.46. The fourth-order valence-electron chi connectivity index (χ4n) is 1.28. The summed E-state index contributed by atoms with van der Waals surface area (Å²) in [6.45, 7) is 0.0480. The smallest absolute Gasteiger partial charge is 0.185 e. The van der Waals surface area contributed by atoms with Crippen molar-refractivity contribution in [3.63, 3.8) is 0 Å². The molecular formula is C12H8ClFO3. The lowest BCUT2D eigenvalue weighted by Gasteiger charge is -2.05. The Hall–Kier alpha value is -1.81. The topological polar surface area (TPSA) is 39.4 Å². The number of hydrogen-bond acceptors (Lipinski definition) is 3. The highest BCUT2D eigenvalue weighted by atomic mass is 35.5. The van der Waals surface area contributed by atoms with E-state index in [1.807, 2.05) is 0 Å². The van der Waals surface area contributed by atoms with Crippen LogP contribution in [0.3, 0.4) is 0 Å². The van der Waals surface area contributed by atoms with E-state index < -0.39 is 5.82 Å². The molecule has 0 aliphatic rings. The number of halogens is 2. The van der Waals surface area contributed by atoms with E-state index in [1.165, 1.54) is 18.2 Å². The molecule has 2 rings (SSSR count). The zero-order chi connectivity index (χ0) is 12.3. The predicted molar refractivity (Wildman–Crippen MR) is 59.8 cm³/mol. The highest BCUT2D eigenvalue weighted by molar-refractivity contribution is 6.30. The average Bonchev–Trinajstić information content (AvgIpc) is 2.76. The van der Waals surface area contributed by atoms with Crippen LogP contribution in [-0.2, 0) is 6.61 Å². The van der Waals surface area contributed by atoms with Gasteiger partial charge in [-0.05, 0) is 30.3 Å². The second-order valence-electron chi connectivity index (χ2n) is 3.29. The van der Waals surface area contributed by atoms with Crippen LogP contribution in [0.15, 0.2) is 34.7 Å². The third-order valence-electron chi connectivity index (χ3n) is 2.06. The summed E-state index contributed by atoms with van der Waals surface area (Å²) >= 11 is 5.60. The van der Waals surface area contributed by atoms with Gasteiger partial charge in [0.25, 0.3) is 0 Å². The summed E-state index contributed by atoms with van der Waals surface area (Å²) in [5, 5.41) is 0.302. The van der Waals surface area contributed by atoms with Crippen LogP contribution in [0.2, 0.25) is 5.02 Å². The molecule has 0 saturated carbocycles. The minimum Gasteiger partial charge on any atom is -0.483 e. The van der Waals surface area contributed by atoms with E-state index in [4.69, 9.17) is 20.8 Å². The number of rotatable bonds is 4. The monoisotopic (exact) mass is 254 g/mol. The quantitative estimate of drug-likeness (QED) is 0.785. The van der Waals surface area contributed by atoms with Gasteiger partial charge in [0, 0.05) is 5.02 Å². The highest BCUT2D eigenvalue weighted by Crippen LogP contribution is 2.22. The number of ether oxygens (including phenoxy) is 1. The van der Waals surface area contributed by atoms with Crippen LogP contribution in [0.5, 0.6) is 5.75 Å². The van der Waals surface area contributed by atoms with Crippen molar-refractivity contribution in [1.82, 2.24) is 0 Å². The van der Waals surface area contributed by atoms with Gasteiger partial charge >= 0.3 is 0 Å². The first-order valence-corrected chi connectivity index (χ1v) is 5.18. The van der Waals surface area contributed by atoms with Gasteiger partial charge in [-0.25, -0.2) is 4.39 Å². The summed E-state index contributed by atoms with van der Waals surface area (Å²) < 4.78 is 23.6. The molecule has 0 aliphatic heterocycles. The highest BCUT2D eigenvalue weighted by Gasteiger charge is 2.06. The first kappa shape index (κ1) is 11.7. The van der Waals surface area contributed by atoms with Gasteiger partial charge in [-0.15, -0.1) is 0 Å². The maximum absolute atomic E-state index is 13.3. The molecule has 1 aromatic carbocycles. The van der Waals surface area contributed by atoms with Crippen molar-refractivity contribution >= 4 is 17.9 Å². The molecule has 88 valence electrons. The molecule has 0 saturated heterocycles. The third-order valence-corrected chi connectivity index (χ3v) is 2.30. The number of benzene rings is 1. The zero-order valence-corrected chi connectivity index (χ0v) is 9.41. The van der Waals surface area contributed by atoms with Crippen molar-refractivity contribution in [1.29, 1.82) is 0 Å². The van der Waals surface area contributed by atoms with Gasteiger partial charge in [-0.3, -0.25) is 4.79 Å². The molecule has 3 nitrogen and oxygen atoms in total. The molecule has 17 heavy (non-hydrogen) atoms. The Morgan fingerprint density at radius 3 is 2.82 bits per heavy atom. The van der Waals surface area contributed by atoms with Gasteiger partial charge in [-0.1, -0.05) is 11.6 Å². The lowest BCUT2D eigenvalue weighted by Crippen LogP contribution is -1.96. The van der Waals surface area contributed by atoms with Crippen molar-refractivity contribution in [3.05, 3.63) is 52.7 Å². The molecule has 0 spiro atoms. The molecule has 0 radical (unpaired) electrons. The van der Waals surface area contributed by atoms with E-state index in [0.29, 0.717) is 17.1 Å². The minimum absolute atomic E-state index is 0.0480. The maximum Gasteiger partial charge on any atom is 0.185 e. The molecule has 0 aliphatic carbocycles. The van der Waals surface area contributed by atoms with E-state index >= 15 is 0 Å². The van der Waals surface area contributed by atoms with Crippen LogP contribution in [0.1, 0.15) is 16.3 Å². The van der Waals surface area contributed by atoms with Gasteiger partial charge in [0.15, 0.2) is 23.6 Å². The Morgan fingerprint density at radius 1 is 1.35 bits per heavy atom. The average molecular weight is 255 g/mol. The lowest BCUT2D eigenvalue weighted by molar-refractivity contribution is 0.109. The van der Waals surface area contributed by atoms with Crippen LogP contribution in [0, 0.1) is 5.82 Å². The number of hydrogen-bond donors (Lipinski definition) is 0. The summed E-state index contributed by atoms with van der Waals surface area (Å²) in [5.41, 5.74) is 0. The number of carbonyl (C=O) groups is 1. The Labute approximate surface area is 102 Å². The second-order valence-corrected chi connectivity index (χ2v) is 3.72. The third kappa shape index (κ3) is 2.85. The molecular weight excluding hydrogens is 247 g/mol. The summed E-state index contributed by atoms with van der Waals surface area (Å²) in [4.78, 5) is 10.4. The summed E-state index contributed by atoms with van der Waals surface area (Å²) in [6.07, 6.45) is 0.590. The normalized spacial score (nSPS) is 10.2. The SMILES string of the molecule is O=Cc1ccc(COc2ccc(Cl)cc2F)o1. The molecule has 2 aromatic rings. The Morgan fingerprint density at radius 2 is 2.18 bits per heavy atom. The van der Waals surface area contributed by atoms with Crippen LogP contribution in [-0.4, -0.2) is 6.29 Å². The van der Waals surface area contributed by atoms with Crippen molar-refractivity contribution in [2.45, 2.75) is 6.61 Å². The first-order valence-electron chi connectivity index (χ1n) is 4.81. The minimum atomic E-state index is -0.542. The molecule has 1 aromatic heterocycles. The molecule has 0 amide bonds. The molecule has 0 atom stereocenters. The van der Waals surface area contributed by atoms with Crippen molar-refractivity contribution in [2.24, 2.45) is 0 Å². The summed E-state index contributed by atoms with van der Waals surface area (Å²) in [6, 6.07) is 7.23. The summed E-state index contributed by atoms with van der Waals surface area (Å²) in [7, 11) is 0. The van der Waals surface area contributed by atoms with Gasteiger partial charge in [0.05, 0.1) is 0 Å². The lowest BCUT2D eigenvalue weighted by atomic mass is 10.3. The van der Waals surface area contributed by atoms with Crippen molar-refractivity contribution in [2.75, 3.05) is 0 Å². The Balaban J connectivity index is 2.04. The van der Waals surface area contributed by atoms with Crippen molar-refractivity contribution in [3.8, 4) is 5.75 Å². The largest absolute Gasteiger partial charge is 0.483 e. The van der Waals surface area contributed by atoms with Crippen LogP contribution >= 0.6 is 11.6 Å². The zero-order valence-electron chi connectivity index (χ0n) is 8.65. The van der Waals surface area contributed by atoms with Gasteiger partial charge < -0.3 is 9.15 Å². The maximum atomic E-state index is 13.3. The van der Waals surface area contributed by atoms with Gasteiger partial charge in [0.2, 0.25) is 0 Å². The molecule has 0 N–H and O–H groups in total. The number of furan rings is 1. The van der Waals surface area contributed by atoms with Crippen LogP contribution in [0.4, 0.5) is 4.39 Å². The Kier molecular flexibility index (Phi) is 3.44. The first-order chi connectivity index (χ1) is 8.19. The molecule has 0 unspecified atom stereocenters. The molecule has 0 bridgehead atoms. The molecule has 1 heterocycles. The second kappa shape index (κ2) is 5.01. The fraction of sp³-hybridized carbons (Fsp3) is 0.0833. The van der Waals surface area contributed by atoms with E-state index in [1.54, 1.807) is 6.07 Å². The van der Waals surface area contributed by atoms with Crippen LogP contribution in [0.25, 0.3) is 0 Å². The molecule has 5 heteroatoms. The van der Waals surface area contributed by atoms with Crippen molar-refractivity contribution < 1.29 is 18.3 Å². The standard InChI is InChI=1S/C12H8ClFO3/c13-8-1-4-12(11(14)5-8)16-7-10-3-2-9(6-15)17-10/h1-6H,7H2. The number of aldehydes is 1. The van der Waals surface area contributed by atoms with E-state index in [2.05, 4.69) is 0 Å². The Bertz CT molecular complexity index is 536. The van der Waals surface area contributed by atoms with Gasteiger partial charge in [0.1, 0.15) is 12.4 Å². The van der Waals surface area contributed by atoms with E-state index in [0.717, 1.165) is 6.07 Å². The van der Waals surface area contributed by atoms with Gasteiger partial charge in [-0.2, -0.15) is 0 Å². The summed E-state index contributed by atoms with van der Waals surface area (Å²) in [5.74, 6) is 0.194. The number of carbonyl (C=O) groups excluding carboxylic acids is 1. The van der Waals surface area contributed by atoms with E-state index in [9.17, 15) is 9.18 Å². The molecule has 0 fully saturated rings.